The molecule has 0 spiro atoms. The molecular weight excluding hydrogens is 1110 g/mol. The fourth-order valence-electron chi connectivity index (χ4n) is 7.91. The molecule has 4 N–H and O–H groups in total. The summed E-state index contributed by atoms with van der Waals surface area (Å²) in [5, 5.41) is 11.5. The van der Waals surface area contributed by atoms with Crippen LogP contribution in [0.4, 0.5) is 0 Å². The Balaban J connectivity index is 6.42. The number of ether oxygens (including phenoxy) is 8. The van der Waals surface area contributed by atoms with Crippen molar-refractivity contribution in [1.29, 1.82) is 0 Å². The van der Waals surface area contributed by atoms with Crippen LogP contribution in [-0.4, -0.2) is 302 Å². The van der Waals surface area contributed by atoms with Gasteiger partial charge in [0.2, 0.25) is 23.6 Å². The van der Waals surface area contributed by atoms with Gasteiger partial charge in [-0.25, -0.2) is 0 Å². The summed E-state index contributed by atoms with van der Waals surface area (Å²) in [4.78, 5) is 160. The minimum absolute atomic E-state index is 0.0126. The molecule has 0 saturated carbocycles. The zero-order valence-corrected chi connectivity index (χ0v) is 50.9. The first-order valence-electron chi connectivity index (χ1n) is 28.2. The van der Waals surface area contributed by atoms with E-state index < -0.39 is 47.8 Å². The SMILES string of the molecule is COC(=O)CCN(CCNC(=O)CCN(CCC(=O)NCCN(CCC(=O)OC)CCC(=O)OC)CCN(CCC(=O)NCCN(CCC(=O)OC)CCC(=O)OC)CCC(=O)NCCN(CCC(=O)OC)CCC(=O)OC)CCC(=O)OC. The number of rotatable bonds is 51. The van der Waals surface area contributed by atoms with Crippen LogP contribution >= 0.6 is 0 Å². The van der Waals surface area contributed by atoms with Crippen molar-refractivity contribution >= 4 is 71.4 Å². The summed E-state index contributed by atoms with van der Waals surface area (Å²) < 4.78 is 38.1. The number of carbonyl (C=O) groups excluding carboxylic acids is 12. The summed E-state index contributed by atoms with van der Waals surface area (Å²) in [6.07, 6.45) is 0.606. The molecule has 0 aromatic heterocycles. The van der Waals surface area contributed by atoms with E-state index in [2.05, 4.69) is 21.3 Å². The van der Waals surface area contributed by atoms with E-state index in [1.165, 1.54) is 56.9 Å². The van der Waals surface area contributed by atoms with Crippen molar-refractivity contribution in [3.05, 3.63) is 0 Å². The van der Waals surface area contributed by atoms with Gasteiger partial charge in [-0.15, -0.1) is 0 Å². The molecule has 0 aromatic carbocycles. The van der Waals surface area contributed by atoms with Crippen LogP contribution in [0.5, 0.6) is 0 Å². The maximum Gasteiger partial charge on any atom is 0.306 e. The Hall–Kier alpha value is -6.60. The summed E-state index contributed by atoms with van der Waals surface area (Å²) in [5.41, 5.74) is 0. The molecule has 0 saturated heterocycles. The molecule has 0 rings (SSSR count). The van der Waals surface area contributed by atoms with Crippen LogP contribution < -0.4 is 21.3 Å². The lowest BCUT2D eigenvalue weighted by molar-refractivity contribution is -0.142. The highest BCUT2D eigenvalue weighted by atomic mass is 16.5. The van der Waals surface area contributed by atoms with E-state index in [9.17, 15) is 57.5 Å². The molecule has 0 aliphatic rings. The smallest absolute Gasteiger partial charge is 0.306 e. The van der Waals surface area contributed by atoms with E-state index in [1.807, 2.05) is 29.4 Å². The molecular formula is C54H96N10O20. The summed E-state index contributed by atoms with van der Waals surface area (Å²) in [5.74, 6) is -4.69. The second-order valence-electron chi connectivity index (χ2n) is 19.1. The molecule has 0 unspecified atom stereocenters. The Labute approximate surface area is 494 Å². The normalized spacial score (nSPS) is 11.1. The van der Waals surface area contributed by atoms with Crippen LogP contribution in [0.15, 0.2) is 0 Å². The van der Waals surface area contributed by atoms with Crippen molar-refractivity contribution < 1.29 is 95.4 Å². The molecule has 30 heteroatoms. The van der Waals surface area contributed by atoms with E-state index >= 15 is 0 Å². The molecule has 0 heterocycles. The number of hydrogen-bond acceptors (Lipinski definition) is 26. The highest BCUT2D eigenvalue weighted by molar-refractivity contribution is 5.78. The molecule has 30 nitrogen and oxygen atoms in total. The predicted octanol–water partition coefficient (Wildman–Crippen LogP) is -2.67. The van der Waals surface area contributed by atoms with Crippen molar-refractivity contribution in [3.63, 3.8) is 0 Å². The molecule has 0 atom stereocenters. The van der Waals surface area contributed by atoms with Crippen LogP contribution in [0, 0.1) is 0 Å². The number of methoxy groups -OCH3 is 8. The van der Waals surface area contributed by atoms with Gasteiger partial charge in [0.25, 0.3) is 0 Å². The standard InChI is InChI=1S/C54H96N10O20/c1-77-47(69)13-29-59(30-14-48(70)78-2)37-21-55-43(65)9-25-63(26-10-44(66)56-22-38-60(31-15-49(71)79-3)32-16-50(72)80-4)41-42-64(27-11-45(67)57-23-39-61(33-17-51(73)81-5)34-18-52(74)82-6)28-12-46(68)58-24-40-62(35-19-53(75)83-7)36-20-54(76)84-8/h9-42H2,1-8H3,(H,55,65)(H,56,66)(H,57,67)(H,58,68). The average Bonchev–Trinajstić information content (AvgIpc) is 3.50. The number of nitrogens with zero attached hydrogens (tertiary/aromatic N) is 6. The fourth-order valence-corrected chi connectivity index (χ4v) is 7.91. The second-order valence-corrected chi connectivity index (χ2v) is 19.1. The molecule has 84 heavy (non-hydrogen) atoms. The van der Waals surface area contributed by atoms with Crippen molar-refractivity contribution in [2.24, 2.45) is 0 Å². The van der Waals surface area contributed by atoms with Crippen molar-refractivity contribution in [2.45, 2.75) is 77.0 Å². The zero-order valence-electron chi connectivity index (χ0n) is 50.9. The summed E-state index contributed by atoms with van der Waals surface area (Å²) >= 11 is 0. The number of amides is 4. The largest absolute Gasteiger partial charge is 0.469 e. The van der Waals surface area contributed by atoms with Gasteiger partial charge in [0, 0.05) is 170 Å². The Kier molecular flexibility index (Phi) is 45.9. The summed E-state index contributed by atoms with van der Waals surface area (Å²) in [7, 11) is 10.2. The van der Waals surface area contributed by atoms with Crippen LogP contribution in [0.25, 0.3) is 0 Å². The third-order valence-electron chi connectivity index (χ3n) is 13.2. The van der Waals surface area contributed by atoms with Crippen LogP contribution in [0.3, 0.4) is 0 Å². The lowest BCUT2D eigenvalue weighted by Crippen LogP contribution is -2.43. The van der Waals surface area contributed by atoms with Crippen molar-refractivity contribution in [3.8, 4) is 0 Å². The number of hydrogen-bond donors (Lipinski definition) is 4. The first-order valence-corrected chi connectivity index (χ1v) is 28.2. The van der Waals surface area contributed by atoms with E-state index in [0.29, 0.717) is 26.2 Å². The molecule has 0 radical (unpaired) electrons. The van der Waals surface area contributed by atoms with Crippen LogP contribution in [0.1, 0.15) is 77.0 Å². The fraction of sp³-hybridized carbons (Fsp3) is 0.778. The van der Waals surface area contributed by atoms with Crippen LogP contribution in [0.2, 0.25) is 0 Å². The maximum atomic E-state index is 13.4. The minimum Gasteiger partial charge on any atom is -0.469 e. The molecule has 0 aliphatic heterocycles. The summed E-state index contributed by atoms with van der Waals surface area (Å²) in [6.45, 7) is 5.60. The second kappa shape index (κ2) is 49.8. The Morgan fingerprint density at radius 2 is 0.333 bits per heavy atom. The van der Waals surface area contributed by atoms with E-state index in [4.69, 9.17) is 37.9 Å². The molecule has 0 bridgehead atoms. The highest BCUT2D eigenvalue weighted by Crippen LogP contribution is 2.05. The molecule has 0 aromatic rings. The summed E-state index contributed by atoms with van der Waals surface area (Å²) in [6, 6.07) is 0. The highest BCUT2D eigenvalue weighted by Gasteiger charge is 2.20. The van der Waals surface area contributed by atoms with Gasteiger partial charge < -0.3 is 88.6 Å². The minimum atomic E-state index is -0.432. The Morgan fingerprint density at radius 3 is 0.476 bits per heavy atom. The quantitative estimate of drug-likeness (QED) is 0.0356. The first kappa shape index (κ1) is 77.4. The van der Waals surface area contributed by atoms with Crippen molar-refractivity contribution in [1.82, 2.24) is 50.7 Å². The molecule has 4 amide bonds. The zero-order chi connectivity index (χ0) is 62.9. The number of nitrogens with one attached hydrogen (secondary N) is 4. The van der Waals surface area contributed by atoms with Gasteiger partial charge >= 0.3 is 47.8 Å². The van der Waals surface area contributed by atoms with Gasteiger partial charge in [0.15, 0.2) is 0 Å². The monoisotopic (exact) mass is 1200 g/mol. The topological polar surface area (TPSA) is 346 Å². The number of esters is 8. The molecule has 0 aliphatic carbocycles. The third-order valence-corrected chi connectivity index (χ3v) is 13.2. The lowest BCUT2D eigenvalue weighted by atomic mass is 10.2. The predicted molar refractivity (Wildman–Crippen MR) is 302 cm³/mol. The molecule has 0 fully saturated rings. The van der Waals surface area contributed by atoms with E-state index in [1.54, 1.807) is 0 Å². The van der Waals surface area contributed by atoms with Gasteiger partial charge in [-0.05, 0) is 0 Å². The first-order chi connectivity index (χ1) is 40.2. The Morgan fingerprint density at radius 1 is 0.202 bits per heavy atom. The molecule has 482 valence electrons. The Bertz CT molecular complexity index is 1640. The third kappa shape index (κ3) is 43.1. The average molecular weight is 1210 g/mol. The number of carbonyl (C=O) groups is 12. The maximum absolute atomic E-state index is 13.4. The van der Waals surface area contributed by atoms with Gasteiger partial charge in [0.1, 0.15) is 0 Å². The van der Waals surface area contributed by atoms with Gasteiger partial charge in [-0.2, -0.15) is 0 Å². The van der Waals surface area contributed by atoms with E-state index in [-0.39, 0.29) is 218 Å². The van der Waals surface area contributed by atoms with E-state index in [0.717, 1.165) is 0 Å². The van der Waals surface area contributed by atoms with Gasteiger partial charge in [0.05, 0.1) is 108 Å². The van der Waals surface area contributed by atoms with Crippen molar-refractivity contribution in [2.75, 3.05) is 201 Å². The van der Waals surface area contributed by atoms with Gasteiger partial charge in [-0.1, -0.05) is 0 Å². The van der Waals surface area contributed by atoms with Gasteiger partial charge in [-0.3, -0.25) is 57.5 Å². The van der Waals surface area contributed by atoms with Crippen LogP contribution in [-0.2, 0) is 95.4 Å². The lowest BCUT2D eigenvalue weighted by Gasteiger charge is -2.28.